The van der Waals surface area contributed by atoms with Crippen LogP contribution in [-0.4, -0.2) is 38.5 Å². The van der Waals surface area contributed by atoms with Gasteiger partial charge in [0, 0.05) is 50.8 Å². The molecule has 1 aromatic carbocycles. The Hall–Kier alpha value is -0.610. The highest BCUT2D eigenvalue weighted by Gasteiger charge is 2.32. The van der Waals surface area contributed by atoms with Crippen LogP contribution >= 0.6 is 11.6 Å². The van der Waals surface area contributed by atoms with Crippen molar-refractivity contribution in [3.05, 3.63) is 34.9 Å². The third kappa shape index (κ3) is 4.45. The zero-order valence-corrected chi connectivity index (χ0v) is 13.1. The molecule has 112 valence electrons. The van der Waals surface area contributed by atoms with Gasteiger partial charge < -0.3 is 14.8 Å². The van der Waals surface area contributed by atoms with Gasteiger partial charge in [-0.3, -0.25) is 0 Å². The molecule has 1 atom stereocenters. The molecular formula is C16H24ClNO2. The maximum absolute atomic E-state index is 5.90. The summed E-state index contributed by atoms with van der Waals surface area (Å²) in [6.07, 6.45) is 2.92. The van der Waals surface area contributed by atoms with Crippen molar-refractivity contribution >= 4 is 11.6 Å². The molecule has 1 saturated heterocycles. The summed E-state index contributed by atoms with van der Waals surface area (Å²) in [6.45, 7) is 4.67. The molecule has 0 aromatic heterocycles. The quantitative estimate of drug-likeness (QED) is 0.875. The summed E-state index contributed by atoms with van der Waals surface area (Å²) in [5.41, 5.74) is 1.24. The third-order valence-corrected chi connectivity index (χ3v) is 4.32. The summed E-state index contributed by atoms with van der Waals surface area (Å²) in [5.74, 6) is 0. The Morgan fingerprint density at radius 3 is 2.55 bits per heavy atom. The number of nitrogens with one attached hydrogen (secondary N) is 1. The fraction of sp³-hybridized carbons (Fsp3) is 0.625. The van der Waals surface area contributed by atoms with Crippen LogP contribution in [0.3, 0.4) is 0 Å². The monoisotopic (exact) mass is 297 g/mol. The van der Waals surface area contributed by atoms with Crippen molar-refractivity contribution in [3.8, 4) is 0 Å². The maximum atomic E-state index is 5.90. The van der Waals surface area contributed by atoms with Crippen LogP contribution in [0.5, 0.6) is 0 Å². The normalized spacial score (nSPS) is 19.8. The number of methoxy groups -OCH3 is 1. The van der Waals surface area contributed by atoms with E-state index in [0.29, 0.717) is 6.04 Å². The first-order valence-corrected chi connectivity index (χ1v) is 7.62. The van der Waals surface area contributed by atoms with Crippen molar-refractivity contribution in [2.45, 2.75) is 37.8 Å². The van der Waals surface area contributed by atoms with E-state index >= 15 is 0 Å². The molecular weight excluding hydrogens is 274 g/mol. The molecule has 2 rings (SSSR count). The first kappa shape index (κ1) is 15.8. The Balaban J connectivity index is 1.81. The van der Waals surface area contributed by atoms with Crippen molar-refractivity contribution in [1.29, 1.82) is 0 Å². The Bertz CT molecular complexity index is 401. The number of hydrogen-bond acceptors (Lipinski definition) is 3. The predicted molar refractivity (Wildman–Crippen MR) is 82.4 cm³/mol. The maximum Gasteiger partial charge on any atom is 0.0846 e. The molecule has 0 aliphatic carbocycles. The molecule has 0 saturated carbocycles. The number of ether oxygens (including phenoxy) is 2. The van der Waals surface area contributed by atoms with Gasteiger partial charge in [-0.1, -0.05) is 23.7 Å². The third-order valence-electron chi connectivity index (χ3n) is 4.06. The molecule has 0 radical (unpaired) electrons. The summed E-state index contributed by atoms with van der Waals surface area (Å²) in [5, 5.41) is 4.38. The van der Waals surface area contributed by atoms with Crippen molar-refractivity contribution < 1.29 is 9.47 Å². The van der Waals surface area contributed by atoms with Gasteiger partial charge in [0.25, 0.3) is 0 Å². The Morgan fingerprint density at radius 1 is 1.30 bits per heavy atom. The van der Waals surface area contributed by atoms with E-state index < -0.39 is 0 Å². The van der Waals surface area contributed by atoms with Gasteiger partial charge in [-0.25, -0.2) is 0 Å². The lowest BCUT2D eigenvalue weighted by Crippen LogP contribution is -2.49. The molecule has 0 bridgehead atoms. The SMILES string of the molecule is COC1(CN[C@@H](C)Cc2ccc(Cl)cc2)CCOCC1. The summed E-state index contributed by atoms with van der Waals surface area (Å²) >= 11 is 5.90. The Labute approximate surface area is 126 Å². The minimum atomic E-state index is -0.0630. The van der Waals surface area contributed by atoms with Gasteiger partial charge in [-0.05, 0) is 31.0 Å². The fourth-order valence-corrected chi connectivity index (χ4v) is 2.73. The van der Waals surface area contributed by atoms with Crippen molar-refractivity contribution in [2.24, 2.45) is 0 Å². The van der Waals surface area contributed by atoms with Gasteiger partial charge in [0.15, 0.2) is 0 Å². The number of benzene rings is 1. The molecule has 1 fully saturated rings. The van der Waals surface area contributed by atoms with Gasteiger partial charge in [0.05, 0.1) is 5.60 Å². The summed E-state index contributed by atoms with van der Waals surface area (Å²) in [4.78, 5) is 0. The lowest BCUT2D eigenvalue weighted by Gasteiger charge is -2.37. The summed E-state index contributed by atoms with van der Waals surface area (Å²) in [7, 11) is 1.80. The van der Waals surface area contributed by atoms with Crippen LogP contribution in [0.2, 0.25) is 5.02 Å². The zero-order valence-electron chi connectivity index (χ0n) is 12.3. The van der Waals surface area contributed by atoms with E-state index in [4.69, 9.17) is 21.1 Å². The van der Waals surface area contributed by atoms with E-state index in [1.54, 1.807) is 7.11 Å². The van der Waals surface area contributed by atoms with E-state index in [9.17, 15) is 0 Å². The van der Waals surface area contributed by atoms with Crippen LogP contribution in [0, 0.1) is 0 Å². The van der Waals surface area contributed by atoms with Crippen LogP contribution in [0.25, 0.3) is 0 Å². The minimum absolute atomic E-state index is 0.0630. The minimum Gasteiger partial charge on any atom is -0.381 e. The molecule has 20 heavy (non-hydrogen) atoms. The Kier molecular flexibility index (Phi) is 5.85. The molecule has 1 aliphatic heterocycles. The van der Waals surface area contributed by atoms with Crippen LogP contribution in [0.15, 0.2) is 24.3 Å². The first-order chi connectivity index (χ1) is 9.63. The molecule has 1 N–H and O–H groups in total. The second-order valence-electron chi connectivity index (χ2n) is 5.61. The van der Waals surface area contributed by atoms with E-state index in [1.807, 2.05) is 12.1 Å². The number of rotatable bonds is 6. The zero-order chi connectivity index (χ0) is 14.4. The lowest BCUT2D eigenvalue weighted by molar-refractivity contribution is -0.0884. The van der Waals surface area contributed by atoms with E-state index in [2.05, 4.69) is 24.4 Å². The number of halogens is 1. The number of hydrogen-bond donors (Lipinski definition) is 1. The molecule has 1 heterocycles. The highest BCUT2D eigenvalue weighted by molar-refractivity contribution is 6.30. The fourth-order valence-electron chi connectivity index (χ4n) is 2.60. The highest BCUT2D eigenvalue weighted by Crippen LogP contribution is 2.23. The van der Waals surface area contributed by atoms with Crippen LogP contribution in [0.1, 0.15) is 25.3 Å². The van der Waals surface area contributed by atoms with Gasteiger partial charge in [0.2, 0.25) is 0 Å². The van der Waals surface area contributed by atoms with Crippen LogP contribution in [0.4, 0.5) is 0 Å². The standard InChI is InChI=1S/C16H24ClNO2/c1-13(11-14-3-5-15(17)6-4-14)18-12-16(19-2)7-9-20-10-8-16/h3-6,13,18H,7-12H2,1-2H3/t13-/m0/s1. The second-order valence-corrected chi connectivity index (χ2v) is 6.05. The van der Waals surface area contributed by atoms with Crippen molar-refractivity contribution in [3.63, 3.8) is 0 Å². The predicted octanol–water partition coefficient (Wildman–Crippen LogP) is 3.06. The molecule has 0 spiro atoms. The van der Waals surface area contributed by atoms with Gasteiger partial charge in [-0.2, -0.15) is 0 Å². The van der Waals surface area contributed by atoms with Crippen LogP contribution < -0.4 is 5.32 Å². The van der Waals surface area contributed by atoms with Gasteiger partial charge in [0.1, 0.15) is 0 Å². The average molecular weight is 298 g/mol. The Morgan fingerprint density at radius 2 is 1.95 bits per heavy atom. The molecule has 3 nitrogen and oxygen atoms in total. The second kappa shape index (κ2) is 7.41. The van der Waals surface area contributed by atoms with Crippen molar-refractivity contribution in [2.75, 3.05) is 26.9 Å². The van der Waals surface area contributed by atoms with Gasteiger partial charge >= 0.3 is 0 Å². The van der Waals surface area contributed by atoms with Crippen LogP contribution in [-0.2, 0) is 15.9 Å². The van der Waals surface area contributed by atoms with E-state index in [1.165, 1.54) is 5.56 Å². The van der Waals surface area contributed by atoms with E-state index in [0.717, 1.165) is 44.0 Å². The average Bonchev–Trinajstić information content (AvgIpc) is 2.49. The molecule has 1 aliphatic rings. The molecule has 0 amide bonds. The lowest BCUT2D eigenvalue weighted by atomic mass is 9.93. The smallest absolute Gasteiger partial charge is 0.0846 e. The topological polar surface area (TPSA) is 30.5 Å². The van der Waals surface area contributed by atoms with E-state index in [-0.39, 0.29) is 5.60 Å². The molecule has 1 aromatic rings. The molecule has 0 unspecified atom stereocenters. The van der Waals surface area contributed by atoms with Crippen molar-refractivity contribution in [1.82, 2.24) is 5.32 Å². The summed E-state index contributed by atoms with van der Waals surface area (Å²) < 4.78 is 11.2. The largest absolute Gasteiger partial charge is 0.381 e. The highest BCUT2D eigenvalue weighted by atomic mass is 35.5. The summed E-state index contributed by atoms with van der Waals surface area (Å²) in [6, 6.07) is 8.46. The molecule has 4 heteroatoms. The van der Waals surface area contributed by atoms with Gasteiger partial charge in [-0.15, -0.1) is 0 Å². The first-order valence-electron chi connectivity index (χ1n) is 7.24.